The molecule has 0 aliphatic heterocycles. The summed E-state index contributed by atoms with van der Waals surface area (Å²) in [5.41, 5.74) is 1.76. The molecule has 0 fully saturated rings. The van der Waals surface area contributed by atoms with Gasteiger partial charge in [-0.25, -0.2) is 4.79 Å². The van der Waals surface area contributed by atoms with Gasteiger partial charge in [-0.15, -0.1) is 0 Å². The number of aromatic nitrogens is 1. The summed E-state index contributed by atoms with van der Waals surface area (Å²) in [5.74, 6) is 0.617. The van der Waals surface area contributed by atoms with Gasteiger partial charge in [-0.05, 0) is 29.1 Å². The maximum atomic E-state index is 13.3. The first-order valence-electron chi connectivity index (χ1n) is 10.1. The van der Waals surface area contributed by atoms with Gasteiger partial charge in [-0.1, -0.05) is 54.6 Å². The van der Waals surface area contributed by atoms with Gasteiger partial charge in [0, 0.05) is 11.6 Å². The van der Waals surface area contributed by atoms with Crippen LogP contribution in [0.1, 0.15) is 27.7 Å². The molecular weight excluding hydrogens is 406 g/mol. The lowest BCUT2D eigenvalue weighted by atomic mass is 10.0. The van der Waals surface area contributed by atoms with E-state index < -0.39 is 12.1 Å². The van der Waals surface area contributed by atoms with E-state index in [0.717, 1.165) is 16.3 Å². The van der Waals surface area contributed by atoms with Gasteiger partial charge < -0.3 is 18.9 Å². The van der Waals surface area contributed by atoms with Crippen molar-refractivity contribution in [3.8, 4) is 17.2 Å². The van der Waals surface area contributed by atoms with Crippen LogP contribution in [0.25, 0.3) is 10.8 Å². The highest BCUT2D eigenvalue weighted by atomic mass is 16.5. The van der Waals surface area contributed by atoms with E-state index in [1.807, 2.05) is 60.7 Å². The van der Waals surface area contributed by atoms with Gasteiger partial charge in [0.2, 0.25) is 5.75 Å². The molecule has 0 N–H and O–H groups in total. The number of nitrogens with zero attached hydrogens (tertiary/aromatic N) is 1. The smallest absolute Gasteiger partial charge is 0.339 e. The lowest BCUT2D eigenvalue weighted by Crippen LogP contribution is -2.15. The van der Waals surface area contributed by atoms with Crippen molar-refractivity contribution in [2.75, 3.05) is 21.3 Å². The van der Waals surface area contributed by atoms with E-state index in [4.69, 9.17) is 18.9 Å². The molecule has 0 unspecified atom stereocenters. The number of ether oxygens (including phenoxy) is 4. The fourth-order valence-electron chi connectivity index (χ4n) is 3.64. The van der Waals surface area contributed by atoms with Crippen molar-refractivity contribution in [3.63, 3.8) is 0 Å². The van der Waals surface area contributed by atoms with E-state index in [0.29, 0.717) is 22.9 Å². The van der Waals surface area contributed by atoms with Gasteiger partial charge in [-0.3, -0.25) is 4.98 Å². The third-order valence-corrected chi connectivity index (χ3v) is 5.18. The number of rotatable bonds is 7. The number of hydrogen-bond donors (Lipinski definition) is 0. The van der Waals surface area contributed by atoms with Gasteiger partial charge in [-0.2, -0.15) is 0 Å². The molecule has 0 radical (unpaired) electrons. The molecule has 0 bridgehead atoms. The van der Waals surface area contributed by atoms with Crippen LogP contribution < -0.4 is 14.2 Å². The van der Waals surface area contributed by atoms with E-state index in [9.17, 15) is 4.79 Å². The predicted octanol–water partition coefficient (Wildman–Crippen LogP) is 5.21. The van der Waals surface area contributed by atoms with Gasteiger partial charge in [0.25, 0.3) is 0 Å². The van der Waals surface area contributed by atoms with Gasteiger partial charge in [0.05, 0.1) is 32.6 Å². The Kier molecular flexibility index (Phi) is 6.22. The Hall–Kier alpha value is -4.06. The van der Waals surface area contributed by atoms with Crippen LogP contribution in [0.5, 0.6) is 17.2 Å². The van der Waals surface area contributed by atoms with Gasteiger partial charge >= 0.3 is 5.97 Å². The van der Waals surface area contributed by atoms with Crippen LogP contribution >= 0.6 is 0 Å². The average Bonchev–Trinajstić information content (AvgIpc) is 2.86. The summed E-state index contributed by atoms with van der Waals surface area (Å²) in [6.07, 6.45) is 1.02. The normalized spacial score (nSPS) is 11.6. The Balaban J connectivity index is 1.78. The minimum atomic E-state index is -0.700. The molecule has 0 amide bonds. The number of benzene rings is 3. The third-order valence-electron chi connectivity index (χ3n) is 5.18. The number of carbonyl (C=O) groups excluding carboxylic acids is 1. The first-order chi connectivity index (χ1) is 15.7. The second-order valence-corrected chi connectivity index (χ2v) is 7.03. The lowest BCUT2D eigenvalue weighted by Gasteiger charge is -2.20. The topological polar surface area (TPSA) is 66.9 Å². The van der Waals surface area contributed by atoms with Crippen LogP contribution in [0.15, 0.2) is 79.0 Å². The minimum absolute atomic E-state index is 0.278. The molecular formula is C26H23NO5. The molecule has 32 heavy (non-hydrogen) atoms. The number of pyridine rings is 1. The first kappa shape index (κ1) is 21.2. The van der Waals surface area contributed by atoms with Gasteiger partial charge in [0.15, 0.2) is 17.6 Å². The van der Waals surface area contributed by atoms with E-state index in [1.165, 1.54) is 21.3 Å². The van der Waals surface area contributed by atoms with Crippen LogP contribution in [0.3, 0.4) is 0 Å². The van der Waals surface area contributed by atoms with Crippen molar-refractivity contribution in [1.82, 2.24) is 4.98 Å². The standard InChI is InChI=1S/C26H23NO5/c1-29-21-15-19(16-22(30-2)25(21)31-3)26(28)32-24(18-10-5-4-6-11-18)23-20-12-8-7-9-17(20)13-14-27-23/h4-16,24H,1-3H3/t24-/m1/s1. The molecule has 0 saturated carbocycles. The van der Waals surface area contributed by atoms with Crippen LogP contribution in [0, 0.1) is 0 Å². The van der Waals surface area contributed by atoms with Crippen LogP contribution in [0.2, 0.25) is 0 Å². The largest absolute Gasteiger partial charge is 0.493 e. The van der Waals surface area contributed by atoms with Crippen molar-refractivity contribution in [2.24, 2.45) is 0 Å². The van der Waals surface area contributed by atoms with Gasteiger partial charge in [0.1, 0.15) is 0 Å². The maximum absolute atomic E-state index is 13.3. The molecule has 6 heteroatoms. The molecule has 6 nitrogen and oxygen atoms in total. The van der Waals surface area contributed by atoms with Crippen molar-refractivity contribution < 1.29 is 23.7 Å². The molecule has 4 rings (SSSR count). The zero-order valence-corrected chi connectivity index (χ0v) is 18.1. The molecule has 3 aromatic carbocycles. The Morgan fingerprint density at radius 2 is 1.47 bits per heavy atom. The molecule has 1 heterocycles. The van der Waals surface area contributed by atoms with Crippen molar-refractivity contribution in [2.45, 2.75) is 6.10 Å². The average molecular weight is 429 g/mol. The van der Waals surface area contributed by atoms with E-state index in [1.54, 1.807) is 18.3 Å². The summed E-state index contributed by atoms with van der Waals surface area (Å²) in [5, 5.41) is 1.93. The highest BCUT2D eigenvalue weighted by Gasteiger charge is 2.25. The minimum Gasteiger partial charge on any atom is -0.493 e. The molecule has 0 spiro atoms. The quantitative estimate of drug-likeness (QED) is 0.376. The molecule has 0 aliphatic rings. The summed E-state index contributed by atoms with van der Waals surface area (Å²) in [6, 6.07) is 22.5. The van der Waals surface area contributed by atoms with Crippen molar-refractivity contribution in [1.29, 1.82) is 0 Å². The first-order valence-corrected chi connectivity index (χ1v) is 10.1. The number of carbonyl (C=O) groups is 1. The Morgan fingerprint density at radius 3 is 2.12 bits per heavy atom. The zero-order valence-electron chi connectivity index (χ0n) is 18.1. The predicted molar refractivity (Wildman–Crippen MR) is 122 cm³/mol. The second kappa shape index (κ2) is 9.39. The summed E-state index contributed by atoms with van der Waals surface area (Å²) in [4.78, 5) is 17.9. The summed E-state index contributed by atoms with van der Waals surface area (Å²) < 4.78 is 22.1. The number of methoxy groups -OCH3 is 3. The number of esters is 1. The van der Waals surface area contributed by atoms with E-state index >= 15 is 0 Å². The van der Waals surface area contributed by atoms with Crippen molar-refractivity contribution in [3.05, 3.63) is 95.8 Å². The monoisotopic (exact) mass is 429 g/mol. The Bertz CT molecular complexity index is 1210. The summed E-state index contributed by atoms with van der Waals surface area (Å²) >= 11 is 0. The van der Waals surface area contributed by atoms with E-state index in [2.05, 4.69) is 4.98 Å². The fraction of sp³-hybridized carbons (Fsp3) is 0.154. The molecule has 4 aromatic rings. The zero-order chi connectivity index (χ0) is 22.5. The number of hydrogen-bond acceptors (Lipinski definition) is 6. The lowest BCUT2D eigenvalue weighted by molar-refractivity contribution is 0.0372. The van der Waals surface area contributed by atoms with Crippen LogP contribution in [0.4, 0.5) is 0 Å². The molecule has 162 valence electrons. The Morgan fingerprint density at radius 1 is 0.812 bits per heavy atom. The third kappa shape index (κ3) is 4.07. The number of fused-ring (bicyclic) bond motifs is 1. The SMILES string of the molecule is COc1cc(C(=O)O[C@H](c2ccccc2)c2nccc3ccccc23)cc(OC)c1OC. The molecule has 0 aliphatic carbocycles. The van der Waals surface area contributed by atoms with E-state index in [-0.39, 0.29) is 5.56 Å². The molecule has 1 atom stereocenters. The maximum Gasteiger partial charge on any atom is 0.339 e. The van der Waals surface area contributed by atoms with Crippen molar-refractivity contribution >= 4 is 16.7 Å². The summed E-state index contributed by atoms with van der Waals surface area (Å²) in [6.45, 7) is 0. The highest BCUT2D eigenvalue weighted by molar-refractivity contribution is 5.92. The van der Waals surface area contributed by atoms with Crippen LogP contribution in [-0.2, 0) is 4.74 Å². The Labute approximate surface area is 186 Å². The molecule has 1 aromatic heterocycles. The fourth-order valence-corrected chi connectivity index (χ4v) is 3.64. The van der Waals surface area contributed by atoms with Crippen LogP contribution in [-0.4, -0.2) is 32.3 Å². The molecule has 0 saturated heterocycles. The summed E-state index contributed by atoms with van der Waals surface area (Å²) in [7, 11) is 4.51. The second-order valence-electron chi connectivity index (χ2n) is 7.03. The highest BCUT2D eigenvalue weighted by Crippen LogP contribution is 2.39.